The van der Waals surface area contributed by atoms with Crippen molar-refractivity contribution in [1.29, 1.82) is 0 Å². The number of hydrogen-bond acceptors (Lipinski definition) is 3. The molecule has 0 saturated carbocycles. The average molecular weight is 276 g/mol. The predicted molar refractivity (Wildman–Crippen MR) is 79.6 cm³/mol. The van der Waals surface area contributed by atoms with E-state index in [1.54, 1.807) is 0 Å². The number of nitrogens with zero attached hydrogens (tertiary/aromatic N) is 1. The number of ether oxygens (including phenoxy) is 1. The molecule has 2 N–H and O–H groups in total. The second kappa shape index (κ2) is 7.29. The van der Waals surface area contributed by atoms with Crippen LogP contribution in [-0.2, 0) is 4.79 Å². The van der Waals surface area contributed by atoms with Crippen LogP contribution in [0.2, 0.25) is 0 Å². The normalized spacial score (nSPS) is 22.6. The van der Waals surface area contributed by atoms with Crippen molar-refractivity contribution in [2.24, 2.45) is 5.73 Å². The molecule has 1 saturated heterocycles. The Morgan fingerprint density at radius 2 is 2.10 bits per heavy atom. The van der Waals surface area contributed by atoms with E-state index in [2.05, 4.69) is 6.92 Å². The number of amides is 1. The van der Waals surface area contributed by atoms with Crippen LogP contribution < -0.4 is 10.5 Å². The smallest absolute Gasteiger partial charge is 0.226 e. The molecule has 1 aliphatic heterocycles. The van der Waals surface area contributed by atoms with Crippen molar-refractivity contribution in [3.8, 4) is 5.75 Å². The van der Waals surface area contributed by atoms with Gasteiger partial charge in [0.25, 0.3) is 0 Å². The van der Waals surface area contributed by atoms with Gasteiger partial charge < -0.3 is 15.4 Å². The molecule has 2 rings (SSSR count). The molecule has 110 valence electrons. The van der Waals surface area contributed by atoms with E-state index < -0.39 is 0 Å². The maximum Gasteiger partial charge on any atom is 0.226 e. The Kier molecular flexibility index (Phi) is 5.41. The molecule has 2 unspecified atom stereocenters. The molecule has 0 radical (unpaired) electrons. The molecule has 1 fully saturated rings. The summed E-state index contributed by atoms with van der Waals surface area (Å²) < 4.78 is 5.59. The minimum atomic E-state index is 0.156. The maximum atomic E-state index is 12.4. The first kappa shape index (κ1) is 14.9. The number of piperidine rings is 1. The first-order valence-corrected chi connectivity index (χ1v) is 7.41. The molecule has 0 spiro atoms. The quantitative estimate of drug-likeness (QED) is 0.897. The highest BCUT2D eigenvalue weighted by molar-refractivity contribution is 5.77. The van der Waals surface area contributed by atoms with Crippen molar-refractivity contribution in [2.45, 2.75) is 44.7 Å². The average Bonchev–Trinajstić information content (AvgIpc) is 2.47. The number of hydrogen-bond donors (Lipinski definition) is 1. The third-order valence-electron chi connectivity index (χ3n) is 3.92. The Hall–Kier alpha value is -1.55. The molecule has 4 heteroatoms. The third-order valence-corrected chi connectivity index (χ3v) is 3.92. The predicted octanol–water partition coefficient (Wildman–Crippen LogP) is 2.18. The Bertz CT molecular complexity index is 422. The number of nitrogens with two attached hydrogens (primary N) is 1. The first-order chi connectivity index (χ1) is 9.72. The van der Waals surface area contributed by atoms with Crippen LogP contribution >= 0.6 is 0 Å². The minimum Gasteiger partial charge on any atom is -0.493 e. The van der Waals surface area contributed by atoms with Gasteiger partial charge in [-0.2, -0.15) is 0 Å². The monoisotopic (exact) mass is 276 g/mol. The molecule has 1 aromatic rings. The highest BCUT2D eigenvalue weighted by Gasteiger charge is 2.30. The number of para-hydroxylation sites is 1. The number of benzene rings is 1. The molecule has 1 aliphatic rings. The van der Waals surface area contributed by atoms with Gasteiger partial charge in [-0.1, -0.05) is 18.2 Å². The van der Waals surface area contributed by atoms with Gasteiger partial charge in [-0.05, 0) is 38.3 Å². The lowest BCUT2D eigenvalue weighted by atomic mass is 9.96. The van der Waals surface area contributed by atoms with Gasteiger partial charge in [0.15, 0.2) is 0 Å². The summed E-state index contributed by atoms with van der Waals surface area (Å²) in [6, 6.07) is 10.1. The van der Waals surface area contributed by atoms with E-state index in [0.29, 0.717) is 25.6 Å². The molecule has 0 aliphatic carbocycles. The minimum absolute atomic E-state index is 0.156. The van der Waals surface area contributed by atoms with Crippen LogP contribution in [-0.4, -0.2) is 36.0 Å². The van der Waals surface area contributed by atoms with Crippen molar-refractivity contribution >= 4 is 5.91 Å². The fourth-order valence-corrected chi connectivity index (χ4v) is 2.87. The van der Waals surface area contributed by atoms with Crippen LogP contribution in [0, 0.1) is 0 Å². The van der Waals surface area contributed by atoms with Crippen LogP contribution in [0.15, 0.2) is 30.3 Å². The summed E-state index contributed by atoms with van der Waals surface area (Å²) in [6.45, 7) is 3.08. The molecule has 4 nitrogen and oxygen atoms in total. The van der Waals surface area contributed by atoms with Crippen molar-refractivity contribution in [2.75, 3.05) is 13.2 Å². The van der Waals surface area contributed by atoms with Gasteiger partial charge >= 0.3 is 0 Å². The van der Waals surface area contributed by atoms with Crippen LogP contribution in [0.3, 0.4) is 0 Å². The Balaban J connectivity index is 1.84. The van der Waals surface area contributed by atoms with E-state index in [1.165, 1.54) is 0 Å². The summed E-state index contributed by atoms with van der Waals surface area (Å²) in [5, 5.41) is 0. The number of carbonyl (C=O) groups is 1. The van der Waals surface area contributed by atoms with E-state index in [1.807, 2.05) is 35.2 Å². The fourth-order valence-electron chi connectivity index (χ4n) is 2.87. The Morgan fingerprint density at radius 1 is 1.35 bits per heavy atom. The SMILES string of the molecule is CC1CCCC(CN)N1C(=O)CCOc1ccccc1. The first-order valence-electron chi connectivity index (χ1n) is 7.41. The molecule has 1 aromatic carbocycles. The molecule has 2 atom stereocenters. The van der Waals surface area contributed by atoms with Gasteiger partial charge in [0.05, 0.1) is 13.0 Å². The molecule has 1 amide bonds. The molecule has 0 aromatic heterocycles. The van der Waals surface area contributed by atoms with Crippen LogP contribution in [0.25, 0.3) is 0 Å². The molecule has 1 heterocycles. The second-order valence-corrected chi connectivity index (χ2v) is 5.38. The Labute approximate surface area is 120 Å². The lowest BCUT2D eigenvalue weighted by molar-refractivity contribution is -0.138. The van der Waals surface area contributed by atoms with Gasteiger partial charge in [0.2, 0.25) is 5.91 Å². The van der Waals surface area contributed by atoms with Crippen molar-refractivity contribution in [3.05, 3.63) is 30.3 Å². The van der Waals surface area contributed by atoms with Crippen LogP contribution in [0.1, 0.15) is 32.6 Å². The lowest BCUT2D eigenvalue weighted by Crippen LogP contribution is -2.52. The maximum absolute atomic E-state index is 12.4. The number of carbonyl (C=O) groups excluding carboxylic acids is 1. The summed E-state index contributed by atoms with van der Waals surface area (Å²) in [5.74, 6) is 0.964. The standard InChI is InChI=1S/C16H24N2O2/c1-13-6-5-7-14(12-17)18(13)16(19)10-11-20-15-8-3-2-4-9-15/h2-4,8-9,13-14H,5-7,10-12,17H2,1H3. The molecular formula is C16H24N2O2. The number of rotatable bonds is 5. The van der Waals surface area contributed by atoms with Crippen LogP contribution in [0.4, 0.5) is 0 Å². The largest absolute Gasteiger partial charge is 0.493 e. The van der Waals surface area contributed by atoms with Gasteiger partial charge in [0, 0.05) is 18.6 Å². The summed E-state index contributed by atoms with van der Waals surface area (Å²) in [4.78, 5) is 14.3. The highest BCUT2D eigenvalue weighted by Crippen LogP contribution is 2.23. The molecule has 0 bridgehead atoms. The van der Waals surface area contributed by atoms with E-state index in [9.17, 15) is 4.79 Å². The van der Waals surface area contributed by atoms with Gasteiger partial charge in [-0.3, -0.25) is 4.79 Å². The van der Waals surface area contributed by atoms with Crippen LogP contribution in [0.5, 0.6) is 5.75 Å². The van der Waals surface area contributed by atoms with Crippen molar-refractivity contribution in [3.63, 3.8) is 0 Å². The summed E-state index contributed by atoms with van der Waals surface area (Å²) >= 11 is 0. The van der Waals surface area contributed by atoms with E-state index >= 15 is 0 Å². The van der Waals surface area contributed by atoms with Crippen molar-refractivity contribution < 1.29 is 9.53 Å². The van der Waals surface area contributed by atoms with Crippen molar-refractivity contribution in [1.82, 2.24) is 4.90 Å². The Morgan fingerprint density at radius 3 is 2.80 bits per heavy atom. The van der Waals surface area contributed by atoms with Gasteiger partial charge in [-0.25, -0.2) is 0 Å². The lowest BCUT2D eigenvalue weighted by Gasteiger charge is -2.40. The zero-order valence-electron chi connectivity index (χ0n) is 12.1. The molecular weight excluding hydrogens is 252 g/mol. The number of likely N-dealkylation sites (tertiary alicyclic amines) is 1. The summed E-state index contributed by atoms with van der Waals surface area (Å²) in [7, 11) is 0. The summed E-state index contributed by atoms with van der Waals surface area (Å²) in [6.07, 6.45) is 3.66. The van der Waals surface area contributed by atoms with E-state index in [4.69, 9.17) is 10.5 Å². The third kappa shape index (κ3) is 3.73. The van der Waals surface area contributed by atoms with Gasteiger partial charge in [-0.15, -0.1) is 0 Å². The van der Waals surface area contributed by atoms with E-state index in [-0.39, 0.29) is 11.9 Å². The summed E-state index contributed by atoms with van der Waals surface area (Å²) in [5.41, 5.74) is 5.79. The topological polar surface area (TPSA) is 55.6 Å². The van der Waals surface area contributed by atoms with Gasteiger partial charge in [0.1, 0.15) is 5.75 Å². The van der Waals surface area contributed by atoms with E-state index in [0.717, 1.165) is 25.0 Å². The fraction of sp³-hybridized carbons (Fsp3) is 0.562. The second-order valence-electron chi connectivity index (χ2n) is 5.38. The highest BCUT2D eigenvalue weighted by atomic mass is 16.5. The zero-order chi connectivity index (χ0) is 14.4. The molecule has 20 heavy (non-hydrogen) atoms. The zero-order valence-corrected chi connectivity index (χ0v) is 12.1.